The predicted octanol–water partition coefficient (Wildman–Crippen LogP) is 2.85. The Hall–Kier alpha value is -1.55. The molecule has 3 nitrogen and oxygen atoms in total. The maximum atomic E-state index is 5.28. The summed E-state index contributed by atoms with van der Waals surface area (Å²) in [5.41, 5.74) is 1.99. The molecule has 0 aliphatic heterocycles. The van der Waals surface area contributed by atoms with Gasteiger partial charge in [0.15, 0.2) is 4.77 Å². The molecular formula is C11H12N2OS. The molecule has 78 valence electrons. The van der Waals surface area contributed by atoms with Crippen molar-refractivity contribution in [3.63, 3.8) is 0 Å². The van der Waals surface area contributed by atoms with E-state index in [1.165, 1.54) is 0 Å². The van der Waals surface area contributed by atoms with Crippen molar-refractivity contribution >= 4 is 12.2 Å². The van der Waals surface area contributed by atoms with E-state index < -0.39 is 0 Å². The Balaban J connectivity index is 2.63. The summed E-state index contributed by atoms with van der Waals surface area (Å²) in [7, 11) is 1.65. The number of methoxy groups -OCH3 is 1. The van der Waals surface area contributed by atoms with Crippen LogP contribution in [0, 0.1) is 11.7 Å². The lowest BCUT2D eigenvalue weighted by Gasteiger charge is -2.07. The van der Waals surface area contributed by atoms with Crippen LogP contribution in [0.2, 0.25) is 0 Å². The Labute approximate surface area is 93.3 Å². The largest absolute Gasteiger partial charge is 0.495 e. The van der Waals surface area contributed by atoms with Gasteiger partial charge in [-0.15, -0.1) is 0 Å². The van der Waals surface area contributed by atoms with Gasteiger partial charge < -0.3 is 9.72 Å². The molecule has 0 amide bonds. The molecular weight excluding hydrogens is 208 g/mol. The van der Waals surface area contributed by atoms with Crippen LogP contribution < -0.4 is 4.74 Å². The molecule has 1 heterocycles. The maximum absolute atomic E-state index is 5.28. The van der Waals surface area contributed by atoms with Crippen molar-refractivity contribution in [1.82, 2.24) is 9.55 Å². The van der Waals surface area contributed by atoms with Crippen LogP contribution >= 0.6 is 12.2 Å². The number of ether oxygens (including phenoxy) is 1. The van der Waals surface area contributed by atoms with Crippen molar-refractivity contribution in [1.29, 1.82) is 0 Å². The van der Waals surface area contributed by atoms with Crippen LogP contribution in [0.3, 0.4) is 0 Å². The number of rotatable bonds is 2. The number of hydrogen-bond donors (Lipinski definition) is 1. The van der Waals surface area contributed by atoms with Gasteiger partial charge in [-0.1, -0.05) is 12.1 Å². The third kappa shape index (κ3) is 1.80. The second kappa shape index (κ2) is 3.90. The van der Waals surface area contributed by atoms with E-state index in [9.17, 15) is 0 Å². The van der Waals surface area contributed by atoms with Crippen LogP contribution in [-0.4, -0.2) is 16.7 Å². The molecule has 0 spiro atoms. The van der Waals surface area contributed by atoms with E-state index in [1.54, 1.807) is 7.11 Å². The highest BCUT2D eigenvalue weighted by Gasteiger charge is 2.05. The third-order valence-corrected chi connectivity index (χ3v) is 2.49. The van der Waals surface area contributed by atoms with Crippen molar-refractivity contribution in [2.75, 3.05) is 7.11 Å². The normalized spacial score (nSPS) is 10.3. The molecule has 0 aliphatic carbocycles. The van der Waals surface area contributed by atoms with Crippen LogP contribution in [0.4, 0.5) is 0 Å². The Morgan fingerprint density at radius 2 is 2.07 bits per heavy atom. The molecule has 0 radical (unpaired) electrons. The van der Waals surface area contributed by atoms with Crippen LogP contribution in [-0.2, 0) is 0 Å². The zero-order chi connectivity index (χ0) is 10.8. The van der Waals surface area contributed by atoms with E-state index in [0.29, 0.717) is 4.77 Å². The maximum Gasteiger partial charge on any atom is 0.182 e. The quantitative estimate of drug-likeness (QED) is 0.789. The number of aromatic amines is 1. The van der Waals surface area contributed by atoms with Crippen molar-refractivity contribution in [3.05, 3.63) is 40.9 Å². The monoisotopic (exact) mass is 220 g/mol. The molecule has 2 rings (SSSR count). The van der Waals surface area contributed by atoms with Crippen LogP contribution in [0.5, 0.6) is 5.75 Å². The van der Waals surface area contributed by atoms with E-state index in [-0.39, 0.29) is 0 Å². The lowest BCUT2D eigenvalue weighted by atomic mass is 10.3. The second-order valence-electron chi connectivity index (χ2n) is 3.28. The van der Waals surface area contributed by atoms with E-state index in [4.69, 9.17) is 17.0 Å². The first kappa shape index (κ1) is 9.98. The summed E-state index contributed by atoms with van der Waals surface area (Å²) >= 11 is 5.21. The molecule has 2 aromatic rings. The predicted molar refractivity (Wildman–Crippen MR) is 62.2 cm³/mol. The van der Waals surface area contributed by atoms with Gasteiger partial charge in [-0.25, -0.2) is 0 Å². The summed E-state index contributed by atoms with van der Waals surface area (Å²) in [6.07, 6.45) is 1.96. The van der Waals surface area contributed by atoms with Crippen molar-refractivity contribution < 1.29 is 4.74 Å². The number of imidazole rings is 1. The minimum atomic E-state index is 0.678. The van der Waals surface area contributed by atoms with Crippen molar-refractivity contribution in [2.24, 2.45) is 0 Å². The number of nitrogens with zero attached hydrogens (tertiary/aromatic N) is 1. The van der Waals surface area contributed by atoms with E-state index >= 15 is 0 Å². The van der Waals surface area contributed by atoms with Gasteiger partial charge in [0.25, 0.3) is 0 Å². The Bertz CT molecular complexity index is 527. The molecule has 15 heavy (non-hydrogen) atoms. The van der Waals surface area contributed by atoms with Gasteiger partial charge in [-0.2, -0.15) is 0 Å². The smallest absolute Gasteiger partial charge is 0.182 e. The fraction of sp³-hybridized carbons (Fsp3) is 0.182. The number of hydrogen-bond acceptors (Lipinski definition) is 2. The lowest BCUT2D eigenvalue weighted by molar-refractivity contribution is 0.413. The molecule has 0 bridgehead atoms. The number of aromatic nitrogens is 2. The molecule has 0 atom stereocenters. The van der Waals surface area contributed by atoms with Gasteiger partial charge in [0.1, 0.15) is 5.75 Å². The molecule has 0 aliphatic rings. The number of aryl methyl sites for hydroxylation is 1. The highest BCUT2D eigenvalue weighted by molar-refractivity contribution is 7.71. The standard InChI is InChI=1S/C11H12N2OS/c1-8-7-13(11(15)12-8)9-5-3-4-6-10(9)14-2/h3-7H,1-2H3,(H,12,15). The Morgan fingerprint density at radius 1 is 1.33 bits per heavy atom. The van der Waals surface area contributed by atoms with Crippen molar-refractivity contribution in [2.45, 2.75) is 6.92 Å². The third-order valence-electron chi connectivity index (χ3n) is 2.19. The summed E-state index contributed by atoms with van der Waals surface area (Å²) in [6, 6.07) is 7.79. The molecule has 4 heteroatoms. The molecule has 0 saturated heterocycles. The lowest BCUT2D eigenvalue weighted by Crippen LogP contribution is -1.96. The summed E-state index contributed by atoms with van der Waals surface area (Å²) < 4.78 is 7.87. The van der Waals surface area contributed by atoms with E-state index in [0.717, 1.165) is 17.1 Å². The zero-order valence-electron chi connectivity index (χ0n) is 8.65. The van der Waals surface area contributed by atoms with Gasteiger partial charge in [-0.3, -0.25) is 4.57 Å². The number of para-hydroxylation sites is 2. The van der Waals surface area contributed by atoms with Crippen LogP contribution in [0.1, 0.15) is 5.69 Å². The van der Waals surface area contributed by atoms with Gasteiger partial charge in [0.05, 0.1) is 12.8 Å². The van der Waals surface area contributed by atoms with Gasteiger partial charge in [0.2, 0.25) is 0 Å². The highest BCUT2D eigenvalue weighted by atomic mass is 32.1. The second-order valence-corrected chi connectivity index (χ2v) is 3.67. The minimum absolute atomic E-state index is 0.678. The number of benzene rings is 1. The molecule has 1 aromatic heterocycles. The Kier molecular flexibility index (Phi) is 2.60. The molecule has 1 N–H and O–H groups in total. The minimum Gasteiger partial charge on any atom is -0.495 e. The molecule has 1 aromatic carbocycles. The summed E-state index contributed by atoms with van der Waals surface area (Å²) in [5, 5.41) is 0. The van der Waals surface area contributed by atoms with Gasteiger partial charge in [-0.05, 0) is 31.3 Å². The first-order valence-electron chi connectivity index (χ1n) is 4.64. The fourth-order valence-electron chi connectivity index (χ4n) is 1.52. The summed E-state index contributed by atoms with van der Waals surface area (Å²) in [6.45, 7) is 1.97. The van der Waals surface area contributed by atoms with E-state index in [1.807, 2.05) is 42.0 Å². The van der Waals surface area contributed by atoms with Crippen molar-refractivity contribution in [3.8, 4) is 11.4 Å². The molecule has 0 unspecified atom stereocenters. The fourth-order valence-corrected chi connectivity index (χ4v) is 1.83. The molecule has 0 saturated carbocycles. The summed E-state index contributed by atoms with van der Waals surface area (Å²) in [4.78, 5) is 3.08. The van der Waals surface area contributed by atoms with E-state index in [2.05, 4.69) is 4.98 Å². The Morgan fingerprint density at radius 3 is 2.67 bits per heavy atom. The number of H-pyrrole nitrogens is 1. The highest BCUT2D eigenvalue weighted by Crippen LogP contribution is 2.22. The SMILES string of the molecule is COc1ccccc1-n1cc(C)[nH]c1=S. The average Bonchev–Trinajstić information content (AvgIpc) is 2.57. The van der Waals surface area contributed by atoms with Crippen LogP contribution in [0.25, 0.3) is 5.69 Å². The summed E-state index contributed by atoms with van der Waals surface area (Å²) in [5.74, 6) is 0.813. The topological polar surface area (TPSA) is 29.9 Å². The zero-order valence-corrected chi connectivity index (χ0v) is 9.47. The first-order chi connectivity index (χ1) is 7.22. The number of nitrogens with one attached hydrogen (secondary N) is 1. The average molecular weight is 220 g/mol. The van der Waals surface area contributed by atoms with Crippen LogP contribution in [0.15, 0.2) is 30.5 Å². The van der Waals surface area contributed by atoms with Gasteiger partial charge >= 0.3 is 0 Å². The molecule has 0 fully saturated rings. The first-order valence-corrected chi connectivity index (χ1v) is 5.05. The van der Waals surface area contributed by atoms with Gasteiger partial charge in [0, 0.05) is 11.9 Å².